The molecule has 0 saturated heterocycles. The minimum atomic E-state index is -1.18. The fourth-order valence-electron chi connectivity index (χ4n) is 0.562. The molecule has 4 heteroatoms. The first-order valence-electron chi connectivity index (χ1n) is 3.77. The summed E-state index contributed by atoms with van der Waals surface area (Å²) in [7, 11) is 0. The van der Waals surface area contributed by atoms with Crippen LogP contribution in [0.1, 0.15) is 13.8 Å². The number of aromatic nitrogens is 1. The number of hydrogen-bond acceptors (Lipinski definition) is 2. The van der Waals surface area contributed by atoms with Crippen molar-refractivity contribution >= 4 is 20.2 Å². The van der Waals surface area contributed by atoms with Crippen molar-refractivity contribution in [1.29, 1.82) is 0 Å². The number of hydrogen-bond donors (Lipinski definition) is 0. The van der Waals surface area contributed by atoms with Crippen LogP contribution in [0, 0.1) is 3.57 Å². The Morgan fingerprint density at radius 1 is 1.50 bits per heavy atom. The molecule has 0 unspecified atom stereocenters. The van der Waals surface area contributed by atoms with Crippen molar-refractivity contribution < 1.29 is 27.6 Å². The summed E-state index contributed by atoms with van der Waals surface area (Å²) in [5, 5.41) is 0. The molecule has 1 aromatic rings. The van der Waals surface area contributed by atoms with E-state index in [1.54, 1.807) is 6.20 Å². The number of rotatable bonds is 2. The molecule has 0 aliphatic carbocycles. The Morgan fingerprint density at radius 2 is 2.17 bits per heavy atom. The van der Waals surface area contributed by atoms with Gasteiger partial charge in [-0.2, -0.15) is 0 Å². The van der Waals surface area contributed by atoms with Gasteiger partial charge in [0.15, 0.2) is 0 Å². The van der Waals surface area contributed by atoms with Crippen LogP contribution in [0.4, 0.5) is 0 Å². The van der Waals surface area contributed by atoms with Crippen molar-refractivity contribution in [3.63, 3.8) is 0 Å². The standard InChI is InChI=1S/C6H7INO.C2H6.Hg/c1-7(9)6-3-2-4-8-5-6;1-2;/h2-5H,1H3;1-2H3;/q-1;;+1. The van der Waals surface area contributed by atoms with Crippen LogP contribution in [0.3, 0.4) is 0 Å². The van der Waals surface area contributed by atoms with Crippen LogP contribution in [0.2, 0.25) is 0 Å². The van der Waals surface area contributed by atoms with E-state index in [9.17, 15) is 0 Å². The van der Waals surface area contributed by atoms with E-state index in [4.69, 9.17) is 0.974 Å². The molecule has 0 aliphatic heterocycles. The molecule has 0 radical (unpaired) electrons. The molecule has 1 aromatic heterocycles. The molecule has 0 fully saturated rings. The van der Waals surface area contributed by atoms with Crippen molar-refractivity contribution in [3.8, 4) is 0 Å². The van der Waals surface area contributed by atoms with Gasteiger partial charge in [-0.3, -0.25) is 0 Å². The quantitative estimate of drug-likeness (QED) is 0.380. The third-order valence-corrected chi connectivity index (χ3v) is 13.0. The zero-order valence-electron chi connectivity index (χ0n) is 7.75. The second-order valence-electron chi connectivity index (χ2n) is 1.70. The molecule has 65 valence electrons. The van der Waals surface area contributed by atoms with Crippen LogP contribution in [0.25, 0.3) is 0 Å². The fourth-order valence-corrected chi connectivity index (χ4v) is 5.47. The minimum absolute atomic E-state index is 0.485. The molecular weight excluding hydrogens is 454 g/mol. The maximum absolute atomic E-state index is 5.45. The molecule has 0 amide bonds. The van der Waals surface area contributed by atoms with Crippen molar-refractivity contribution in [2.75, 3.05) is 4.93 Å². The zero-order chi connectivity index (χ0) is 9.40. The second-order valence-corrected chi connectivity index (χ2v) is 11.7. The molecule has 0 atom stereocenters. The molecule has 0 aromatic carbocycles. The van der Waals surface area contributed by atoms with E-state index in [2.05, 4.69) is 16.0 Å². The van der Waals surface area contributed by atoms with Gasteiger partial charge in [0, 0.05) is 0 Å². The maximum atomic E-state index is 5.45. The molecule has 1 rings (SSSR count). The fraction of sp³-hybridized carbons (Fsp3) is 0.375. The molecule has 1 heterocycles. The summed E-state index contributed by atoms with van der Waals surface area (Å²) in [6, 6.07) is 4.07. The van der Waals surface area contributed by atoms with Crippen molar-refractivity contribution in [3.05, 3.63) is 28.1 Å². The number of alkyl halides is 1. The zero-order valence-corrected chi connectivity index (χ0v) is 15.4. The van der Waals surface area contributed by atoms with Gasteiger partial charge < -0.3 is 0 Å². The summed E-state index contributed by atoms with van der Waals surface area (Å²) in [5.41, 5.74) is 0. The number of pyridine rings is 1. The van der Waals surface area contributed by atoms with Crippen molar-refractivity contribution in [1.82, 2.24) is 4.98 Å². The average Bonchev–Trinajstić information content (AvgIpc) is 2.21. The van der Waals surface area contributed by atoms with E-state index in [0.29, 0.717) is 26.6 Å². The monoisotopic (exact) mass is 468 g/mol. The van der Waals surface area contributed by atoms with Crippen LogP contribution < -0.4 is 0 Å². The summed E-state index contributed by atoms with van der Waals surface area (Å²) in [5.74, 6) is 0. The Bertz CT molecular complexity index is 196. The average molecular weight is 467 g/mol. The topological polar surface area (TPSA) is 22.1 Å². The molecular formula is C8H13HgINO. The van der Waals surface area contributed by atoms with E-state index < -0.39 is 20.2 Å². The summed E-state index contributed by atoms with van der Waals surface area (Å²) >= 11 is -0.691. The summed E-state index contributed by atoms with van der Waals surface area (Å²) in [4.78, 5) is 6.24. The first-order chi connectivity index (χ1) is 5.84. The van der Waals surface area contributed by atoms with Gasteiger partial charge in [-0.05, 0) is 0 Å². The van der Waals surface area contributed by atoms with Crippen LogP contribution in [0.5, 0.6) is 0 Å². The van der Waals surface area contributed by atoms with Gasteiger partial charge >= 0.3 is 85.8 Å². The SMILES string of the molecule is CC.CI([O][Hg])c1cccnc1. The Kier molecular flexibility index (Phi) is 8.92. The molecule has 2 nitrogen and oxygen atoms in total. The van der Waals surface area contributed by atoms with Crippen molar-refractivity contribution in [2.24, 2.45) is 0 Å². The third-order valence-electron chi connectivity index (χ3n) is 1.10. The number of nitrogens with zero attached hydrogens (tertiary/aromatic N) is 1. The second kappa shape index (κ2) is 8.38. The van der Waals surface area contributed by atoms with Gasteiger partial charge in [-0.25, -0.2) is 0 Å². The van der Waals surface area contributed by atoms with Gasteiger partial charge in [0.05, 0.1) is 0 Å². The Labute approximate surface area is 98.7 Å². The molecule has 0 saturated carbocycles. The number of halogens is 1. The predicted molar refractivity (Wildman–Crippen MR) is 55.3 cm³/mol. The van der Waals surface area contributed by atoms with Crippen LogP contribution in [0.15, 0.2) is 24.5 Å². The van der Waals surface area contributed by atoms with Crippen molar-refractivity contribution in [2.45, 2.75) is 13.8 Å². The van der Waals surface area contributed by atoms with Gasteiger partial charge in [0.25, 0.3) is 0 Å². The Hall–Kier alpha value is 0.775. The summed E-state index contributed by atoms with van der Waals surface area (Å²) in [6.07, 6.45) is 3.71. The first kappa shape index (κ1) is 12.8. The van der Waals surface area contributed by atoms with Crippen LogP contribution in [-0.2, 0) is 27.6 Å². The van der Waals surface area contributed by atoms with Gasteiger partial charge in [0.1, 0.15) is 0 Å². The predicted octanol–water partition coefficient (Wildman–Crippen LogP) is 2.81. The van der Waals surface area contributed by atoms with E-state index >= 15 is 0 Å². The Morgan fingerprint density at radius 3 is 2.58 bits per heavy atom. The third kappa shape index (κ3) is 4.72. The van der Waals surface area contributed by atoms with E-state index in [1.807, 2.05) is 26.1 Å². The molecule has 12 heavy (non-hydrogen) atoms. The van der Waals surface area contributed by atoms with E-state index in [-0.39, 0.29) is 0 Å². The molecule has 0 bridgehead atoms. The van der Waals surface area contributed by atoms with Crippen LogP contribution in [-0.4, -0.2) is 9.91 Å². The molecule has 0 spiro atoms. The molecule has 0 N–H and O–H groups in total. The normalized spacial score (nSPS) is 9.92. The summed E-state index contributed by atoms with van der Waals surface area (Å²) < 4.78 is 6.77. The van der Waals surface area contributed by atoms with Crippen LogP contribution >= 0.6 is 20.2 Å². The van der Waals surface area contributed by atoms with Gasteiger partial charge in [-0.15, -0.1) is 0 Å². The first-order valence-corrected chi connectivity index (χ1v) is 10.1. The summed E-state index contributed by atoms with van der Waals surface area (Å²) in [6.45, 7) is 4.00. The molecule has 0 aliphatic rings. The van der Waals surface area contributed by atoms with E-state index in [1.165, 1.54) is 3.57 Å². The van der Waals surface area contributed by atoms with E-state index in [0.717, 1.165) is 0 Å². The Balaban J connectivity index is 0.000000561. The van der Waals surface area contributed by atoms with Gasteiger partial charge in [-0.1, -0.05) is 13.8 Å². The van der Waals surface area contributed by atoms with Gasteiger partial charge in [0.2, 0.25) is 0 Å².